The summed E-state index contributed by atoms with van der Waals surface area (Å²) in [6.45, 7) is 0. The molecule has 2 aromatic rings. The van der Waals surface area contributed by atoms with E-state index in [2.05, 4.69) is 26.0 Å². The first kappa shape index (κ1) is 11.5. The molecule has 1 aliphatic carbocycles. The molecular formula is C12H13N5O2. The maximum absolute atomic E-state index is 11.8. The quantitative estimate of drug-likeness (QED) is 0.610. The van der Waals surface area contributed by atoms with Crippen LogP contribution in [0, 0.1) is 0 Å². The Hall–Kier alpha value is -2.57. The second kappa shape index (κ2) is 4.60. The molecule has 3 rings (SSSR count). The van der Waals surface area contributed by atoms with E-state index in [9.17, 15) is 9.59 Å². The third-order valence-corrected chi connectivity index (χ3v) is 2.98. The van der Waals surface area contributed by atoms with E-state index in [-0.39, 0.29) is 5.69 Å². The first-order valence-electron chi connectivity index (χ1n) is 6.03. The molecule has 0 saturated heterocycles. The molecule has 0 atom stereocenters. The molecule has 7 heteroatoms. The summed E-state index contributed by atoms with van der Waals surface area (Å²) in [5.74, 6) is -0.345. The van der Waals surface area contributed by atoms with Crippen LogP contribution in [0.5, 0.6) is 0 Å². The summed E-state index contributed by atoms with van der Waals surface area (Å²) in [5.41, 5.74) is 6.25. The molecule has 0 unspecified atom stereocenters. The van der Waals surface area contributed by atoms with Gasteiger partial charge < -0.3 is 4.98 Å². The lowest BCUT2D eigenvalue weighted by atomic mass is 10.2. The SMILES string of the molecule is O=C(NNC(=O)c1ccc[nH]1)c1cc(C2CC2)[nH]n1. The molecule has 1 saturated carbocycles. The highest BCUT2D eigenvalue weighted by Gasteiger charge is 2.26. The Morgan fingerprint density at radius 2 is 2.05 bits per heavy atom. The van der Waals surface area contributed by atoms with Gasteiger partial charge in [0.05, 0.1) is 0 Å². The first-order valence-corrected chi connectivity index (χ1v) is 6.03. The van der Waals surface area contributed by atoms with Crippen molar-refractivity contribution in [2.24, 2.45) is 0 Å². The molecule has 19 heavy (non-hydrogen) atoms. The molecule has 0 radical (unpaired) electrons. The Bertz CT molecular complexity index is 597. The summed E-state index contributed by atoms with van der Waals surface area (Å²) in [6.07, 6.45) is 3.89. The van der Waals surface area contributed by atoms with Crippen LogP contribution in [-0.2, 0) is 0 Å². The highest BCUT2D eigenvalue weighted by molar-refractivity contribution is 5.97. The Balaban J connectivity index is 1.57. The van der Waals surface area contributed by atoms with E-state index >= 15 is 0 Å². The number of amides is 2. The van der Waals surface area contributed by atoms with E-state index in [1.165, 1.54) is 0 Å². The summed E-state index contributed by atoms with van der Waals surface area (Å²) in [5, 5.41) is 6.76. The topological polar surface area (TPSA) is 103 Å². The highest BCUT2D eigenvalue weighted by Crippen LogP contribution is 2.38. The maximum atomic E-state index is 11.8. The van der Waals surface area contributed by atoms with Crippen molar-refractivity contribution in [1.82, 2.24) is 26.0 Å². The molecule has 0 spiro atoms. The minimum absolute atomic E-state index is 0.272. The lowest BCUT2D eigenvalue weighted by Crippen LogP contribution is -2.41. The summed E-state index contributed by atoms with van der Waals surface area (Å²) in [4.78, 5) is 26.1. The van der Waals surface area contributed by atoms with Gasteiger partial charge in [0.1, 0.15) is 5.69 Å². The van der Waals surface area contributed by atoms with Crippen LogP contribution in [0.3, 0.4) is 0 Å². The van der Waals surface area contributed by atoms with Crippen LogP contribution in [0.2, 0.25) is 0 Å². The van der Waals surface area contributed by atoms with Gasteiger partial charge in [0, 0.05) is 17.8 Å². The molecule has 2 aromatic heterocycles. The van der Waals surface area contributed by atoms with Crippen molar-refractivity contribution >= 4 is 11.8 Å². The summed E-state index contributed by atoms with van der Waals surface area (Å²) in [6, 6.07) is 5.03. The zero-order valence-electron chi connectivity index (χ0n) is 10.1. The Morgan fingerprint density at radius 1 is 1.26 bits per heavy atom. The molecule has 2 heterocycles. The van der Waals surface area contributed by atoms with Crippen molar-refractivity contribution < 1.29 is 9.59 Å². The molecule has 7 nitrogen and oxygen atoms in total. The third kappa shape index (κ3) is 2.49. The summed E-state index contributed by atoms with van der Waals surface area (Å²) in [7, 11) is 0. The Kier molecular flexibility index (Phi) is 2.79. The molecular weight excluding hydrogens is 246 g/mol. The van der Waals surface area contributed by atoms with Gasteiger partial charge in [-0.2, -0.15) is 5.10 Å². The number of nitrogens with zero attached hydrogens (tertiary/aromatic N) is 1. The fraction of sp³-hybridized carbons (Fsp3) is 0.250. The normalized spacial score (nSPS) is 14.1. The molecule has 1 fully saturated rings. The van der Waals surface area contributed by atoms with Crippen molar-refractivity contribution in [3.05, 3.63) is 41.5 Å². The molecule has 0 aromatic carbocycles. The van der Waals surface area contributed by atoms with Crippen LogP contribution >= 0.6 is 0 Å². The van der Waals surface area contributed by atoms with Crippen molar-refractivity contribution in [1.29, 1.82) is 0 Å². The van der Waals surface area contributed by atoms with Gasteiger partial charge in [-0.1, -0.05) is 0 Å². The predicted molar refractivity (Wildman–Crippen MR) is 66.3 cm³/mol. The molecule has 0 bridgehead atoms. The molecule has 0 aliphatic heterocycles. The molecule has 4 N–H and O–H groups in total. The number of hydrogen-bond acceptors (Lipinski definition) is 3. The molecule has 1 aliphatic rings. The number of carbonyl (C=O) groups excluding carboxylic acids is 2. The number of H-pyrrole nitrogens is 2. The average molecular weight is 259 g/mol. The molecule has 98 valence electrons. The monoisotopic (exact) mass is 259 g/mol. The highest BCUT2D eigenvalue weighted by atomic mass is 16.2. The van der Waals surface area contributed by atoms with E-state index in [4.69, 9.17) is 0 Å². The summed E-state index contributed by atoms with van der Waals surface area (Å²) < 4.78 is 0. The fourth-order valence-corrected chi connectivity index (χ4v) is 1.77. The van der Waals surface area contributed by atoms with Crippen LogP contribution in [0.15, 0.2) is 24.4 Å². The van der Waals surface area contributed by atoms with Crippen molar-refractivity contribution in [2.45, 2.75) is 18.8 Å². The zero-order valence-corrected chi connectivity index (χ0v) is 10.1. The lowest BCUT2D eigenvalue weighted by Gasteiger charge is -2.03. The van der Waals surface area contributed by atoms with Crippen LogP contribution in [0.1, 0.15) is 45.4 Å². The summed E-state index contributed by atoms with van der Waals surface area (Å²) >= 11 is 0. The van der Waals surface area contributed by atoms with E-state index in [1.807, 2.05) is 0 Å². The van der Waals surface area contributed by atoms with Gasteiger partial charge in [-0.25, -0.2) is 0 Å². The van der Waals surface area contributed by atoms with Crippen LogP contribution in [0.4, 0.5) is 0 Å². The standard InChI is InChI=1S/C12H13N5O2/c18-11(8-2-1-5-13-8)16-17-12(19)10-6-9(14-15-10)7-3-4-7/h1-2,5-7,13H,3-4H2,(H,14,15)(H,16,18)(H,17,19). The number of hydrazine groups is 1. The van der Waals surface area contributed by atoms with E-state index in [1.54, 1.807) is 24.4 Å². The average Bonchev–Trinajstić information content (AvgIpc) is 2.96. The number of nitrogens with one attached hydrogen (secondary N) is 4. The third-order valence-electron chi connectivity index (χ3n) is 2.98. The van der Waals surface area contributed by atoms with Crippen LogP contribution in [0.25, 0.3) is 0 Å². The van der Waals surface area contributed by atoms with Gasteiger partial charge in [-0.3, -0.25) is 25.5 Å². The molecule has 2 amide bonds. The number of aromatic amines is 2. The number of hydrogen-bond donors (Lipinski definition) is 4. The fourth-order valence-electron chi connectivity index (χ4n) is 1.77. The van der Waals surface area contributed by atoms with Gasteiger partial charge in [0.15, 0.2) is 5.69 Å². The van der Waals surface area contributed by atoms with E-state index in [0.717, 1.165) is 18.5 Å². The number of aromatic nitrogens is 3. The Morgan fingerprint density at radius 3 is 2.74 bits per heavy atom. The van der Waals surface area contributed by atoms with Crippen LogP contribution < -0.4 is 10.9 Å². The number of rotatable bonds is 3. The van der Waals surface area contributed by atoms with Gasteiger partial charge >= 0.3 is 0 Å². The van der Waals surface area contributed by atoms with E-state index in [0.29, 0.717) is 11.6 Å². The zero-order chi connectivity index (χ0) is 13.2. The van der Waals surface area contributed by atoms with Crippen molar-refractivity contribution in [3.8, 4) is 0 Å². The smallest absolute Gasteiger partial charge is 0.290 e. The van der Waals surface area contributed by atoms with Gasteiger partial charge in [-0.15, -0.1) is 0 Å². The van der Waals surface area contributed by atoms with Gasteiger partial charge in [0.25, 0.3) is 11.8 Å². The number of carbonyl (C=O) groups is 2. The Labute approximate surface area is 108 Å². The second-order valence-electron chi connectivity index (χ2n) is 4.47. The van der Waals surface area contributed by atoms with Gasteiger partial charge in [-0.05, 0) is 31.0 Å². The largest absolute Gasteiger partial charge is 0.357 e. The minimum Gasteiger partial charge on any atom is -0.357 e. The second-order valence-corrected chi connectivity index (χ2v) is 4.47. The minimum atomic E-state index is -0.442. The lowest BCUT2D eigenvalue weighted by molar-refractivity contribution is 0.0841. The van der Waals surface area contributed by atoms with Crippen molar-refractivity contribution in [2.75, 3.05) is 0 Å². The first-order chi connectivity index (χ1) is 9.24. The van der Waals surface area contributed by atoms with E-state index < -0.39 is 11.8 Å². The van der Waals surface area contributed by atoms with Crippen molar-refractivity contribution in [3.63, 3.8) is 0 Å². The predicted octanol–water partition coefficient (Wildman–Crippen LogP) is 0.690. The van der Waals surface area contributed by atoms with Gasteiger partial charge in [0.2, 0.25) is 0 Å². The van der Waals surface area contributed by atoms with Crippen LogP contribution in [-0.4, -0.2) is 27.0 Å². The maximum Gasteiger partial charge on any atom is 0.290 e.